The first kappa shape index (κ1) is 17.5. The summed E-state index contributed by atoms with van der Waals surface area (Å²) in [4.78, 5) is 4.71. The van der Waals surface area contributed by atoms with Crippen LogP contribution in [0.3, 0.4) is 0 Å². The predicted octanol–water partition coefficient (Wildman–Crippen LogP) is 5.70. The smallest absolute Gasteiger partial charge is 0.256 e. The second-order valence-electron chi connectivity index (χ2n) is 5.68. The van der Waals surface area contributed by atoms with Crippen LogP contribution in [0.5, 0.6) is 0 Å². The first-order chi connectivity index (χ1) is 11.9. The van der Waals surface area contributed by atoms with Gasteiger partial charge in [0.25, 0.3) is 0 Å². The molecule has 0 aliphatic carbocycles. The molecule has 114 valence electrons. The minimum atomic E-state index is 0. The number of nitrogens with zero attached hydrogens (tertiary/aromatic N) is 1. The number of aromatic nitrogens is 1. The molecule has 2 heteroatoms. The average molecular weight is 422 g/mol. The van der Waals surface area contributed by atoms with Gasteiger partial charge < -0.3 is 0 Å². The van der Waals surface area contributed by atoms with Gasteiger partial charge in [0.2, 0.25) is 0 Å². The maximum Gasteiger partial charge on any atom is 3.00 e. The zero-order valence-electron chi connectivity index (χ0n) is 13.8. The second-order valence-corrected chi connectivity index (χ2v) is 5.68. The van der Waals surface area contributed by atoms with Crippen LogP contribution in [0.4, 0.5) is 0 Å². The van der Waals surface area contributed by atoms with Crippen LogP contribution in [-0.4, -0.2) is 30.8 Å². The van der Waals surface area contributed by atoms with Gasteiger partial charge in [-0.25, -0.2) is 0 Å². The fourth-order valence-corrected chi connectivity index (χ4v) is 3.03. The van der Waals surface area contributed by atoms with Gasteiger partial charge in [0.05, 0.1) is 5.69 Å². The van der Waals surface area contributed by atoms with Crippen LogP contribution in [0.25, 0.3) is 33.5 Å². The molecular formula is C23H17InN+3. The normalized spacial score (nSPS) is 10.1. The summed E-state index contributed by atoms with van der Waals surface area (Å²) in [6, 6.07) is 33.5. The summed E-state index contributed by atoms with van der Waals surface area (Å²) in [7, 11) is 0. The van der Waals surface area contributed by atoms with Crippen molar-refractivity contribution >= 4 is 25.8 Å². The number of benzene rings is 3. The third-order valence-electron chi connectivity index (χ3n) is 4.15. The molecule has 25 heavy (non-hydrogen) atoms. The molecule has 1 heterocycles. The quantitative estimate of drug-likeness (QED) is 0.413. The van der Waals surface area contributed by atoms with Crippen LogP contribution in [0.15, 0.2) is 103 Å². The third kappa shape index (κ3) is 3.69. The van der Waals surface area contributed by atoms with Gasteiger partial charge >= 0.3 is 25.8 Å². The molecule has 4 aromatic rings. The van der Waals surface area contributed by atoms with Crippen molar-refractivity contribution in [3.63, 3.8) is 0 Å². The van der Waals surface area contributed by atoms with Gasteiger partial charge in [-0.15, -0.1) is 0 Å². The minimum Gasteiger partial charge on any atom is -0.256 e. The van der Waals surface area contributed by atoms with E-state index in [9.17, 15) is 0 Å². The van der Waals surface area contributed by atoms with E-state index in [0.717, 1.165) is 11.3 Å². The van der Waals surface area contributed by atoms with Crippen molar-refractivity contribution in [2.75, 3.05) is 0 Å². The molecule has 0 saturated carbocycles. The zero-order valence-corrected chi connectivity index (χ0v) is 17.1. The molecule has 0 unspecified atom stereocenters. The monoisotopic (exact) mass is 422 g/mol. The van der Waals surface area contributed by atoms with E-state index < -0.39 is 0 Å². The Labute approximate surface area is 167 Å². The Morgan fingerprint density at radius 1 is 0.480 bits per heavy atom. The Hall–Kier alpha value is -2.32. The fraction of sp³-hybridized carbons (Fsp3) is 0. The molecule has 0 amide bonds. The zero-order chi connectivity index (χ0) is 16.2. The van der Waals surface area contributed by atoms with Crippen molar-refractivity contribution in [2.45, 2.75) is 0 Å². The van der Waals surface area contributed by atoms with E-state index in [2.05, 4.69) is 78.9 Å². The molecule has 1 aromatic heterocycles. The van der Waals surface area contributed by atoms with Crippen molar-refractivity contribution in [2.24, 2.45) is 0 Å². The van der Waals surface area contributed by atoms with Crippen LogP contribution in [0.1, 0.15) is 0 Å². The van der Waals surface area contributed by atoms with Crippen LogP contribution >= 0.6 is 0 Å². The summed E-state index contributed by atoms with van der Waals surface area (Å²) in [5.74, 6) is 0. The van der Waals surface area contributed by atoms with E-state index in [1.54, 1.807) is 0 Å². The Kier molecular flexibility index (Phi) is 5.72. The molecule has 0 atom stereocenters. The third-order valence-corrected chi connectivity index (χ3v) is 4.15. The molecule has 0 N–H and O–H groups in total. The first-order valence-corrected chi connectivity index (χ1v) is 8.09. The van der Waals surface area contributed by atoms with Crippen molar-refractivity contribution in [1.29, 1.82) is 0 Å². The van der Waals surface area contributed by atoms with Gasteiger partial charge in [-0.1, -0.05) is 91.0 Å². The van der Waals surface area contributed by atoms with Crippen molar-refractivity contribution < 1.29 is 0 Å². The fourth-order valence-electron chi connectivity index (χ4n) is 3.03. The number of hydrogen-bond acceptors (Lipinski definition) is 1. The van der Waals surface area contributed by atoms with E-state index in [-0.39, 0.29) is 25.8 Å². The van der Waals surface area contributed by atoms with Gasteiger partial charge in [-0.2, -0.15) is 0 Å². The van der Waals surface area contributed by atoms with Gasteiger partial charge in [0, 0.05) is 17.3 Å². The van der Waals surface area contributed by atoms with Gasteiger partial charge in [-0.3, -0.25) is 4.98 Å². The molecule has 3 aromatic carbocycles. The SMILES string of the molecule is [In+3].c1ccc(-c2ccnc(-c3ccccc3)c2-c2ccccc2)cc1. The topological polar surface area (TPSA) is 12.9 Å². The molecule has 4 rings (SSSR count). The Bertz CT molecular complexity index is 878. The van der Waals surface area contributed by atoms with E-state index >= 15 is 0 Å². The van der Waals surface area contributed by atoms with Gasteiger partial charge in [0.15, 0.2) is 0 Å². The first-order valence-electron chi connectivity index (χ1n) is 8.09. The molecule has 0 aliphatic rings. The summed E-state index contributed by atoms with van der Waals surface area (Å²) >= 11 is 0. The van der Waals surface area contributed by atoms with Crippen molar-refractivity contribution in [3.8, 4) is 33.5 Å². The molecule has 1 nitrogen and oxygen atoms in total. The van der Waals surface area contributed by atoms with Crippen LogP contribution in [0, 0.1) is 0 Å². The molecule has 0 aliphatic heterocycles. The molecule has 0 saturated heterocycles. The van der Waals surface area contributed by atoms with E-state index in [1.165, 1.54) is 22.3 Å². The number of pyridine rings is 1. The summed E-state index contributed by atoms with van der Waals surface area (Å²) in [5.41, 5.74) is 6.92. The van der Waals surface area contributed by atoms with Gasteiger partial charge in [-0.05, 0) is 22.8 Å². The van der Waals surface area contributed by atoms with Crippen molar-refractivity contribution in [3.05, 3.63) is 103 Å². The average Bonchev–Trinajstić information content (AvgIpc) is 2.69. The van der Waals surface area contributed by atoms with Gasteiger partial charge in [0.1, 0.15) is 0 Å². The molecule has 0 bridgehead atoms. The van der Waals surface area contributed by atoms with Crippen LogP contribution in [-0.2, 0) is 0 Å². The Morgan fingerprint density at radius 3 is 1.52 bits per heavy atom. The van der Waals surface area contributed by atoms with E-state index in [4.69, 9.17) is 4.98 Å². The molecule has 0 spiro atoms. The molecular weight excluding hydrogens is 405 g/mol. The molecule has 0 radical (unpaired) electrons. The van der Waals surface area contributed by atoms with Crippen LogP contribution < -0.4 is 0 Å². The maximum absolute atomic E-state index is 4.71. The Morgan fingerprint density at radius 2 is 0.960 bits per heavy atom. The Balaban J connectivity index is 0.00000182. The predicted molar refractivity (Wildman–Crippen MR) is 106 cm³/mol. The minimum absolute atomic E-state index is 0. The largest absolute Gasteiger partial charge is 3.00 e. The summed E-state index contributed by atoms with van der Waals surface area (Å²) in [6.07, 6.45) is 1.90. The number of rotatable bonds is 3. The summed E-state index contributed by atoms with van der Waals surface area (Å²) < 4.78 is 0. The number of hydrogen-bond donors (Lipinski definition) is 0. The maximum atomic E-state index is 4.71. The van der Waals surface area contributed by atoms with E-state index in [1.807, 2.05) is 24.4 Å². The summed E-state index contributed by atoms with van der Waals surface area (Å²) in [5, 5.41) is 0. The second kappa shape index (κ2) is 8.17. The molecule has 0 fully saturated rings. The standard InChI is InChI=1S/C23H17N.In/c1-4-10-18(11-5-1)21-16-17-24-23(20-14-8-3-9-15-20)22(21)19-12-6-2-7-13-19;/h1-17H;/q;+3. The van der Waals surface area contributed by atoms with Crippen molar-refractivity contribution in [1.82, 2.24) is 4.98 Å². The van der Waals surface area contributed by atoms with Crippen LogP contribution in [0.2, 0.25) is 0 Å². The summed E-state index contributed by atoms with van der Waals surface area (Å²) in [6.45, 7) is 0. The van der Waals surface area contributed by atoms with E-state index in [0.29, 0.717) is 0 Å².